The molecule has 1 heterocycles. The van der Waals surface area contributed by atoms with Crippen LogP contribution in [0.25, 0.3) is 11.3 Å². The third kappa shape index (κ3) is 6.69. The highest BCUT2D eigenvalue weighted by atomic mass is 16.5. The van der Waals surface area contributed by atoms with Crippen LogP contribution in [-0.4, -0.2) is 51.7 Å². The minimum absolute atomic E-state index is 0.183. The highest BCUT2D eigenvalue weighted by Crippen LogP contribution is 2.34. The standard InChI is InChI=1S/C27H33N3O3/c1-6-15-32-19-23(31)17-30(20(2)3)18-25-26(22-12-8-7-9-13-22)28-29(5)27(25)33-24-14-10-11-21(4)16-24/h1,7-14,16,20,23,31H,15,17-19H2,2-5H3/t23-/m0/s1. The first-order chi connectivity index (χ1) is 15.9. The first-order valence-corrected chi connectivity index (χ1v) is 11.2. The lowest BCUT2D eigenvalue weighted by Gasteiger charge is -2.29. The summed E-state index contributed by atoms with van der Waals surface area (Å²) >= 11 is 0. The Labute approximate surface area is 196 Å². The summed E-state index contributed by atoms with van der Waals surface area (Å²) in [6.45, 7) is 7.63. The van der Waals surface area contributed by atoms with Crippen LogP contribution in [0, 0.1) is 19.3 Å². The summed E-state index contributed by atoms with van der Waals surface area (Å²) in [6, 6.07) is 18.2. The summed E-state index contributed by atoms with van der Waals surface area (Å²) in [5, 5.41) is 15.3. The second kappa shape index (κ2) is 11.7. The quantitative estimate of drug-likeness (QED) is 0.349. The minimum Gasteiger partial charge on any atom is -0.439 e. The number of ether oxygens (including phenoxy) is 2. The lowest BCUT2D eigenvalue weighted by atomic mass is 10.1. The molecule has 1 aromatic heterocycles. The van der Waals surface area contributed by atoms with E-state index in [9.17, 15) is 5.11 Å². The Bertz CT molecular complexity index is 1070. The smallest absolute Gasteiger partial charge is 0.222 e. The zero-order chi connectivity index (χ0) is 23.8. The molecule has 33 heavy (non-hydrogen) atoms. The fraction of sp³-hybridized carbons (Fsp3) is 0.370. The number of benzene rings is 2. The fourth-order valence-corrected chi connectivity index (χ4v) is 3.68. The molecule has 3 aromatic rings. The second-order valence-corrected chi connectivity index (χ2v) is 8.44. The van der Waals surface area contributed by atoms with Crippen LogP contribution in [0.1, 0.15) is 25.0 Å². The van der Waals surface area contributed by atoms with Gasteiger partial charge in [-0.15, -0.1) is 6.42 Å². The van der Waals surface area contributed by atoms with Gasteiger partial charge in [-0.2, -0.15) is 5.10 Å². The van der Waals surface area contributed by atoms with Gasteiger partial charge in [0.2, 0.25) is 5.88 Å². The minimum atomic E-state index is -0.654. The number of aliphatic hydroxyl groups is 1. The van der Waals surface area contributed by atoms with Gasteiger partial charge in [0.25, 0.3) is 0 Å². The van der Waals surface area contributed by atoms with Crippen molar-refractivity contribution in [3.05, 3.63) is 65.7 Å². The van der Waals surface area contributed by atoms with E-state index < -0.39 is 6.10 Å². The SMILES string of the molecule is C#CCOC[C@@H](O)CN(Cc1c(-c2ccccc2)nn(C)c1Oc1cccc(C)c1)C(C)C. The maximum atomic E-state index is 10.5. The molecule has 3 rings (SSSR count). The third-order valence-corrected chi connectivity index (χ3v) is 5.37. The van der Waals surface area contributed by atoms with Crippen molar-refractivity contribution >= 4 is 0 Å². The molecule has 0 amide bonds. The summed E-state index contributed by atoms with van der Waals surface area (Å²) in [4.78, 5) is 2.19. The van der Waals surface area contributed by atoms with Gasteiger partial charge in [0.15, 0.2) is 0 Å². The molecule has 174 valence electrons. The van der Waals surface area contributed by atoms with Gasteiger partial charge in [-0.25, -0.2) is 4.68 Å². The van der Waals surface area contributed by atoms with E-state index in [4.69, 9.17) is 21.0 Å². The van der Waals surface area contributed by atoms with Crippen molar-refractivity contribution in [1.29, 1.82) is 0 Å². The number of hydrogen-bond donors (Lipinski definition) is 1. The van der Waals surface area contributed by atoms with Crippen LogP contribution in [0.5, 0.6) is 11.6 Å². The van der Waals surface area contributed by atoms with E-state index in [0.29, 0.717) is 19.0 Å². The Hall–Kier alpha value is -3.11. The average Bonchev–Trinajstić information content (AvgIpc) is 3.09. The summed E-state index contributed by atoms with van der Waals surface area (Å²) in [6.07, 6.45) is 4.59. The van der Waals surface area contributed by atoms with Gasteiger partial charge < -0.3 is 14.6 Å². The predicted octanol–water partition coefficient (Wildman–Crippen LogP) is 4.41. The Morgan fingerprint density at radius 1 is 1.15 bits per heavy atom. The number of nitrogens with zero attached hydrogens (tertiary/aromatic N) is 3. The van der Waals surface area contributed by atoms with E-state index in [1.54, 1.807) is 4.68 Å². The van der Waals surface area contributed by atoms with Gasteiger partial charge in [0, 0.05) is 31.7 Å². The Morgan fingerprint density at radius 3 is 2.58 bits per heavy atom. The van der Waals surface area contributed by atoms with Crippen molar-refractivity contribution in [3.8, 4) is 35.2 Å². The van der Waals surface area contributed by atoms with Crippen LogP contribution >= 0.6 is 0 Å². The van der Waals surface area contributed by atoms with Crippen molar-refractivity contribution in [3.63, 3.8) is 0 Å². The molecular weight excluding hydrogens is 414 g/mol. The Morgan fingerprint density at radius 2 is 1.91 bits per heavy atom. The normalized spacial score (nSPS) is 12.2. The number of hydrogen-bond acceptors (Lipinski definition) is 5. The van der Waals surface area contributed by atoms with Gasteiger partial charge in [-0.05, 0) is 38.5 Å². The van der Waals surface area contributed by atoms with Gasteiger partial charge in [-0.1, -0.05) is 48.4 Å². The first-order valence-electron chi connectivity index (χ1n) is 11.2. The molecule has 0 saturated carbocycles. The molecule has 1 N–H and O–H groups in total. The molecule has 0 aliphatic carbocycles. The molecule has 6 heteroatoms. The van der Waals surface area contributed by atoms with E-state index in [-0.39, 0.29) is 19.3 Å². The average molecular weight is 448 g/mol. The highest BCUT2D eigenvalue weighted by molar-refractivity contribution is 5.65. The van der Waals surface area contributed by atoms with Crippen molar-refractivity contribution in [2.75, 3.05) is 19.8 Å². The topological polar surface area (TPSA) is 59.8 Å². The van der Waals surface area contributed by atoms with Crippen molar-refractivity contribution in [2.45, 2.75) is 39.5 Å². The van der Waals surface area contributed by atoms with Crippen LogP contribution in [0.3, 0.4) is 0 Å². The molecule has 0 radical (unpaired) electrons. The van der Waals surface area contributed by atoms with Crippen LogP contribution < -0.4 is 4.74 Å². The van der Waals surface area contributed by atoms with E-state index in [2.05, 4.69) is 24.7 Å². The summed E-state index contributed by atoms with van der Waals surface area (Å²) in [5.74, 6) is 3.87. The summed E-state index contributed by atoms with van der Waals surface area (Å²) in [5.41, 5.74) is 3.97. The van der Waals surface area contributed by atoms with E-state index >= 15 is 0 Å². The fourth-order valence-electron chi connectivity index (χ4n) is 3.68. The summed E-state index contributed by atoms with van der Waals surface area (Å²) in [7, 11) is 1.89. The van der Waals surface area contributed by atoms with Crippen molar-refractivity contribution in [2.24, 2.45) is 7.05 Å². The molecule has 0 bridgehead atoms. The molecule has 0 saturated heterocycles. The highest BCUT2D eigenvalue weighted by Gasteiger charge is 2.24. The third-order valence-electron chi connectivity index (χ3n) is 5.37. The predicted molar refractivity (Wildman–Crippen MR) is 131 cm³/mol. The molecular formula is C27H33N3O3. The van der Waals surface area contributed by atoms with E-state index in [0.717, 1.165) is 28.1 Å². The van der Waals surface area contributed by atoms with Gasteiger partial charge in [-0.3, -0.25) is 4.90 Å². The lowest BCUT2D eigenvalue weighted by molar-refractivity contribution is 0.0191. The van der Waals surface area contributed by atoms with Crippen molar-refractivity contribution in [1.82, 2.24) is 14.7 Å². The Kier molecular flexibility index (Phi) is 8.67. The molecule has 0 aliphatic rings. The number of rotatable bonds is 11. The number of aromatic nitrogens is 2. The number of aliphatic hydroxyl groups excluding tert-OH is 1. The zero-order valence-corrected chi connectivity index (χ0v) is 19.9. The van der Waals surface area contributed by atoms with Crippen LogP contribution in [-0.2, 0) is 18.3 Å². The summed E-state index contributed by atoms with van der Waals surface area (Å²) < 4.78 is 13.5. The molecule has 0 fully saturated rings. The monoisotopic (exact) mass is 447 g/mol. The van der Waals surface area contributed by atoms with Crippen molar-refractivity contribution < 1.29 is 14.6 Å². The molecule has 0 unspecified atom stereocenters. The maximum Gasteiger partial charge on any atom is 0.222 e. The molecule has 0 spiro atoms. The number of terminal acetylenes is 1. The van der Waals surface area contributed by atoms with Crippen LogP contribution in [0.4, 0.5) is 0 Å². The van der Waals surface area contributed by atoms with Gasteiger partial charge in [0.05, 0.1) is 18.3 Å². The van der Waals surface area contributed by atoms with Gasteiger partial charge in [0.1, 0.15) is 18.1 Å². The molecule has 0 aliphatic heterocycles. The molecule has 2 aromatic carbocycles. The van der Waals surface area contributed by atoms with E-state index in [1.165, 1.54) is 0 Å². The largest absolute Gasteiger partial charge is 0.439 e. The van der Waals surface area contributed by atoms with Crippen LogP contribution in [0.2, 0.25) is 0 Å². The van der Waals surface area contributed by atoms with E-state index in [1.807, 2.05) is 68.6 Å². The Balaban J connectivity index is 1.95. The first kappa shape index (κ1) is 24.5. The zero-order valence-electron chi connectivity index (χ0n) is 19.9. The molecule has 1 atom stereocenters. The van der Waals surface area contributed by atoms with Crippen LogP contribution in [0.15, 0.2) is 54.6 Å². The second-order valence-electron chi connectivity index (χ2n) is 8.44. The molecule has 6 nitrogen and oxygen atoms in total. The maximum absolute atomic E-state index is 10.5. The number of aryl methyl sites for hydroxylation is 2. The lowest BCUT2D eigenvalue weighted by Crippen LogP contribution is -2.39. The van der Waals surface area contributed by atoms with Gasteiger partial charge >= 0.3 is 0 Å².